The van der Waals surface area contributed by atoms with Crippen molar-refractivity contribution in [1.29, 1.82) is 0 Å². The molecule has 30 heavy (non-hydrogen) atoms. The summed E-state index contributed by atoms with van der Waals surface area (Å²) < 4.78 is 10.7. The normalized spacial score (nSPS) is 18.0. The first kappa shape index (κ1) is 21.4. The maximum atomic E-state index is 13.0. The summed E-state index contributed by atoms with van der Waals surface area (Å²) in [5.74, 6) is -0.412. The quantitative estimate of drug-likeness (QED) is 0.421. The largest absolute Gasteiger partial charge is 0.507 e. The fourth-order valence-corrected chi connectivity index (χ4v) is 3.68. The van der Waals surface area contributed by atoms with E-state index in [1.165, 1.54) is 12.0 Å². The average molecular weight is 409 g/mol. The molecule has 1 aliphatic heterocycles. The van der Waals surface area contributed by atoms with Crippen LogP contribution in [0, 0.1) is 6.92 Å². The lowest BCUT2D eigenvalue weighted by Gasteiger charge is -2.25. The molecule has 1 heterocycles. The van der Waals surface area contributed by atoms with Crippen molar-refractivity contribution < 1.29 is 24.2 Å². The van der Waals surface area contributed by atoms with Crippen molar-refractivity contribution in [2.45, 2.75) is 32.7 Å². The van der Waals surface area contributed by atoms with Gasteiger partial charge in [-0.15, -0.1) is 0 Å². The Bertz CT molecular complexity index is 978. The number of aryl methyl sites for hydroxylation is 1. The number of hydrogen-bond donors (Lipinski definition) is 1. The Morgan fingerprint density at radius 3 is 2.30 bits per heavy atom. The predicted molar refractivity (Wildman–Crippen MR) is 115 cm³/mol. The van der Waals surface area contributed by atoms with Crippen molar-refractivity contribution in [2.75, 3.05) is 20.8 Å². The molecule has 1 unspecified atom stereocenters. The minimum Gasteiger partial charge on any atom is -0.507 e. The van der Waals surface area contributed by atoms with Crippen LogP contribution < -0.4 is 9.47 Å². The van der Waals surface area contributed by atoms with E-state index >= 15 is 0 Å². The maximum absolute atomic E-state index is 13.0. The van der Waals surface area contributed by atoms with Gasteiger partial charge in [-0.05, 0) is 31.0 Å². The Kier molecular flexibility index (Phi) is 6.45. The van der Waals surface area contributed by atoms with Gasteiger partial charge >= 0.3 is 0 Å². The van der Waals surface area contributed by atoms with Gasteiger partial charge in [0.05, 0.1) is 25.8 Å². The zero-order valence-corrected chi connectivity index (χ0v) is 17.8. The summed E-state index contributed by atoms with van der Waals surface area (Å²) in [5, 5.41) is 11.0. The van der Waals surface area contributed by atoms with Crippen LogP contribution in [0.25, 0.3) is 5.76 Å². The number of carbonyl (C=O) groups is 2. The molecule has 2 aromatic carbocycles. The number of aliphatic hydroxyl groups excluding tert-OH is 1. The summed E-state index contributed by atoms with van der Waals surface area (Å²) in [6.45, 7) is 4.39. The first-order valence-corrected chi connectivity index (χ1v) is 10.00. The zero-order chi connectivity index (χ0) is 21.8. The molecule has 1 saturated heterocycles. The molecular weight excluding hydrogens is 382 g/mol. The van der Waals surface area contributed by atoms with E-state index in [2.05, 4.69) is 0 Å². The van der Waals surface area contributed by atoms with Crippen LogP contribution >= 0.6 is 0 Å². The van der Waals surface area contributed by atoms with Gasteiger partial charge in [-0.25, -0.2) is 0 Å². The number of ether oxygens (including phenoxy) is 2. The summed E-state index contributed by atoms with van der Waals surface area (Å²) in [6, 6.07) is 11.8. The lowest BCUT2D eigenvalue weighted by Crippen LogP contribution is -2.30. The number of carbonyl (C=O) groups excluding carboxylic acids is 2. The van der Waals surface area contributed by atoms with E-state index in [4.69, 9.17) is 9.47 Å². The van der Waals surface area contributed by atoms with Crippen LogP contribution in [0.1, 0.15) is 42.5 Å². The summed E-state index contributed by atoms with van der Waals surface area (Å²) in [5.41, 5.74) is 2.30. The number of likely N-dealkylation sites (tertiary alicyclic amines) is 1. The summed E-state index contributed by atoms with van der Waals surface area (Å²) in [4.78, 5) is 27.3. The third-order valence-corrected chi connectivity index (χ3v) is 5.34. The van der Waals surface area contributed by atoms with E-state index in [9.17, 15) is 14.7 Å². The van der Waals surface area contributed by atoms with Gasteiger partial charge in [-0.1, -0.05) is 49.2 Å². The van der Waals surface area contributed by atoms with E-state index < -0.39 is 17.7 Å². The van der Waals surface area contributed by atoms with Crippen LogP contribution in [0.2, 0.25) is 0 Å². The molecule has 1 amide bonds. The molecule has 6 heteroatoms. The van der Waals surface area contributed by atoms with Crippen LogP contribution in [-0.4, -0.2) is 42.5 Å². The number of hydrogen-bond acceptors (Lipinski definition) is 5. The second-order valence-electron chi connectivity index (χ2n) is 7.33. The number of unbranched alkanes of at least 4 members (excludes halogenated alkanes) is 1. The molecule has 0 spiro atoms. The Morgan fingerprint density at radius 1 is 1.03 bits per heavy atom. The van der Waals surface area contributed by atoms with Crippen LogP contribution in [0.3, 0.4) is 0 Å². The van der Waals surface area contributed by atoms with E-state index in [0.717, 1.165) is 18.4 Å². The Balaban J connectivity index is 2.18. The monoisotopic (exact) mass is 409 g/mol. The number of Topliss-reactive ketones (excluding diaryl/α,β-unsaturated/α-hetero) is 1. The number of amides is 1. The van der Waals surface area contributed by atoms with E-state index in [1.807, 2.05) is 26.0 Å². The number of rotatable bonds is 7. The zero-order valence-electron chi connectivity index (χ0n) is 17.8. The molecule has 1 aliphatic rings. The highest BCUT2D eigenvalue weighted by Crippen LogP contribution is 2.42. The SMILES string of the molecule is CCCCN1C(=O)C(=O)C(=C(O)c2ccc(C)cc2)C1c1ccc(OC)c(OC)c1. The van der Waals surface area contributed by atoms with Gasteiger partial charge < -0.3 is 19.5 Å². The van der Waals surface area contributed by atoms with Gasteiger partial charge in [0, 0.05) is 12.1 Å². The van der Waals surface area contributed by atoms with Crippen molar-refractivity contribution in [3.63, 3.8) is 0 Å². The molecule has 0 bridgehead atoms. The fourth-order valence-electron chi connectivity index (χ4n) is 3.68. The van der Waals surface area contributed by atoms with Gasteiger partial charge in [0.1, 0.15) is 5.76 Å². The van der Waals surface area contributed by atoms with E-state index in [1.54, 1.807) is 37.4 Å². The van der Waals surface area contributed by atoms with Crippen molar-refractivity contribution >= 4 is 17.4 Å². The third-order valence-electron chi connectivity index (χ3n) is 5.34. The predicted octanol–water partition coefficient (Wildman–Crippen LogP) is 4.23. The number of aliphatic hydroxyl groups is 1. The number of benzene rings is 2. The number of ketones is 1. The highest BCUT2D eigenvalue weighted by Gasteiger charge is 2.45. The molecule has 158 valence electrons. The lowest BCUT2D eigenvalue weighted by molar-refractivity contribution is -0.139. The molecule has 0 aliphatic carbocycles. The summed E-state index contributed by atoms with van der Waals surface area (Å²) in [7, 11) is 3.07. The fraction of sp³-hybridized carbons (Fsp3) is 0.333. The Morgan fingerprint density at radius 2 is 1.70 bits per heavy atom. The van der Waals surface area contributed by atoms with Gasteiger partial charge in [0.15, 0.2) is 11.5 Å². The molecule has 0 saturated carbocycles. The Hall–Kier alpha value is -3.28. The minimum atomic E-state index is -0.697. The van der Waals surface area contributed by atoms with E-state index in [-0.39, 0.29) is 11.3 Å². The minimum absolute atomic E-state index is 0.0900. The Labute approximate surface area is 176 Å². The second-order valence-corrected chi connectivity index (χ2v) is 7.33. The molecule has 0 radical (unpaired) electrons. The first-order valence-electron chi connectivity index (χ1n) is 10.00. The van der Waals surface area contributed by atoms with Crippen molar-refractivity contribution in [3.05, 3.63) is 64.7 Å². The topological polar surface area (TPSA) is 76.1 Å². The molecule has 3 rings (SSSR count). The third kappa shape index (κ3) is 3.90. The number of methoxy groups -OCH3 is 2. The van der Waals surface area contributed by atoms with Gasteiger partial charge in [0.2, 0.25) is 0 Å². The smallest absolute Gasteiger partial charge is 0.295 e. The first-order chi connectivity index (χ1) is 14.4. The van der Waals surface area contributed by atoms with Gasteiger partial charge in [-0.2, -0.15) is 0 Å². The number of nitrogens with zero attached hydrogens (tertiary/aromatic N) is 1. The molecular formula is C24H27NO5. The van der Waals surface area contributed by atoms with Crippen molar-refractivity contribution in [1.82, 2.24) is 4.90 Å². The summed E-state index contributed by atoms with van der Waals surface area (Å²) in [6.07, 6.45) is 1.63. The van der Waals surface area contributed by atoms with Crippen LogP contribution in [0.4, 0.5) is 0 Å². The average Bonchev–Trinajstić information content (AvgIpc) is 3.01. The molecule has 6 nitrogen and oxygen atoms in total. The van der Waals surface area contributed by atoms with Crippen LogP contribution in [0.15, 0.2) is 48.0 Å². The molecule has 1 atom stereocenters. The van der Waals surface area contributed by atoms with Crippen LogP contribution in [0.5, 0.6) is 11.5 Å². The van der Waals surface area contributed by atoms with Gasteiger partial charge in [0.25, 0.3) is 11.7 Å². The van der Waals surface area contributed by atoms with E-state index in [0.29, 0.717) is 29.2 Å². The van der Waals surface area contributed by atoms with Crippen LogP contribution in [-0.2, 0) is 9.59 Å². The maximum Gasteiger partial charge on any atom is 0.295 e. The highest BCUT2D eigenvalue weighted by atomic mass is 16.5. The van der Waals surface area contributed by atoms with Crippen molar-refractivity contribution in [2.24, 2.45) is 0 Å². The van der Waals surface area contributed by atoms with Crippen molar-refractivity contribution in [3.8, 4) is 11.5 Å². The molecule has 2 aromatic rings. The molecule has 1 N–H and O–H groups in total. The molecule has 0 aromatic heterocycles. The lowest BCUT2D eigenvalue weighted by atomic mass is 9.94. The standard InChI is InChI=1S/C24H27NO5/c1-5-6-13-25-21(17-11-12-18(29-3)19(14-17)30-4)20(23(27)24(25)28)22(26)16-9-7-15(2)8-10-16/h7-12,14,21,26H,5-6,13H2,1-4H3. The van der Waals surface area contributed by atoms with Gasteiger partial charge in [-0.3, -0.25) is 9.59 Å². The summed E-state index contributed by atoms with van der Waals surface area (Å²) >= 11 is 0. The highest BCUT2D eigenvalue weighted by molar-refractivity contribution is 6.46. The molecule has 1 fully saturated rings. The second kappa shape index (κ2) is 9.03.